The predicted octanol–water partition coefficient (Wildman–Crippen LogP) is 1.21. The van der Waals surface area contributed by atoms with E-state index < -0.39 is 5.97 Å². The maximum Gasteiger partial charge on any atom is 0.333 e. The highest BCUT2D eigenvalue weighted by molar-refractivity contribution is 5.87. The summed E-state index contributed by atoms with van der Waals surface area (Å²) < 4.78 is 4.64. The quantitative estimate of drug-likeness (QED) is 0.381. The lowest BCUT2D eigenvalue weighted by molar-refractivity contribution is -0.140. The van der Waals surface area contributed by atoms with Crippen LogP contribution in [0.1, 0.15) is 6.42 Å². The molecule has 0 aliphatic rings. The first kappa shape index (κ1) is 11.6. The number of aliphatic hydroxyl groups excluding tert-OH is 1. The Morgan fingerprint density at radius 1 is 1.54 bits per heavy atom. The third-order valence-corrected chi connectivity index (χ3v) is 1.25. The summed E-state index contributed by atoms with van der Waals surface area (Å²) in [6.45, 7) is 6.88. The van der Waals surface area contributed by atoms with Crippen molar-refractivity contribution in [2.75, 3.05) is 13.2 Å². The SMILES string of the molecule is C=CC=CCC(=C)C(=O)OCCO. The maximum absolute atomic E-state index is 11.0. The number of aliphatic hydroxyl groups is 1. The van der Waals surface area contributed by atoms with E-state index in [0.717, 1.165) is 0 Å². The molecule has 0 atom stereocenters. The van der Waals surface area contributed by atoms with Gasteiger partial charge in [-0.1, -0.05) is 31.4 Å². The van der Waals surface area contributed by atoms with Crippen LogP contribution in [0, 0.1) is 0 Å². The summed E-state index contributed by atoms with van der Waals surface area (Å²) in [6.07, 6.45) is 5.54. The van der Waals surface area contributed by atoms with Crippen LogP contribution in [0.5, 0.6) is 0 Å². The molecule has 0 saturated carbocycles. The van der Waals surface area contributed by atoms with Crippen LogP contribution < -0.4 is 0 Å². The predicted molar refractivity (Wildman–Crippen MR) is 51.1 cm³/mol. The number of esters is 1. The Morgan fingerprint density at radius 3 is 2.77 bits per heavy atom. The van der Waals surface area contributed by atoms with Gasteiger partial charge in [-0.2, -0.15) is 0 Å². The Kier molecular flexibility index (Phi) is 6.55. The molecule has 0 saturated heterocycles. The molecule has 0 heterocycles. The summed E-state index contributed by atoms with van der Waals surface area (Å²) in [5, 5.41) is 8.38. The van der Waals surface area contributed by atoms with Crippen molar-refractivity contribution in [3.05, 3.63) is 37.0 Å². The summed E-state index contributed by atoms with van der Waals surface area (Å²) in [6, 6.07) is 0. The van der Waals surface area contributed by atoms with Crippen LogP contribution in [-0.4, -0.2) is 24.3 Å². The second-order valence-corrected chi connectivity index (χ2v) is 2.33. The van der Waals surface area contributed by atoms with Crippen LogP contribution in [0.2, 0.25) is 0 Å². The first-order chi connectivity index (χ1) is 6.22. The molecule has 0 rings (SSSR count). The Balaban J connectivity index is 3.76. The average molecular weight is 182 g/mol. The minimum absolute atomic E-state index is 0.0169. The zero-order valence-corrected chi connectivity index (χ0v) is 7.53. The molecule has 0 radical (unpaired) electrons. The number of ether oxygens (including phenoxy) is 1. The highest BCUT2D eigenvalue weighted by Gasteiger charge is 2.05. The molecule has 13 heavy (non-hydrogen) atoms. The standard InChI is InChI=1S/C10H14O3/c1-3-4-5-6-9(2)10(12)13-8-7-11/h3-5,11H,1-2,6-8H2. The molecule has 3 nitrogen and oxygen atoms in total. The Labute approximate surface area is 78.0 Å². The fourth-order valence-electron chi connectivity index (χ4n) is 0.630. The molecule has 0 fully saturated rings. The number of hydrogen-bond acceptors (Lipinski definition) is 3. The smallest absolute Gasteiger partial charge is 0.333 e. The van der Waals surface area contributed by atoms with Gasteiger partial charge in [-0.3, -0.25) is 0 Å². The van der Waals surface area contributed by atoms with E-state index in [9.17, 15) is 4.79 Å². The van der Waals surface area contributed by atoms with Crippen LogP contribution in [-0.2, 0) is 9.53 Å². The first-order valence-corrected chi connectivity index (χ1v) is 3.95. The fraction of sp³-hybridized carbons (Fsp3) is 0.300. The van der Waals surface area contributed by atoms with Crippen molar-refractivity contribution < 1.29 is 14.6 Å². The molecule has 72 valence electrons. The van der Waals surface area contributed by atoms with E-state index in [0.29, 0.717) is 12.0 Å². The summed E-state index contributed by atoms with van der Waals surface area (Å²) in [5.74, 6) is -0.470. The molecule has 0 spiro atoms. The van der Waals surface area contributed by atoms with Gasteiger partial charge in [0.1, 0.15) is 6.61 Å². The highest BCUT2D eigenvalue weighted by atomic mass is 16.5. The zero-order chi connectivity index (χ0) is 10.1. The normalized spacial score (nSPS) is 9.92. The second kappa shape index (κ2) is 7.31. The van der Waals surface area contributed by atoms with Crippen LogP contribution in [0.4, 0.5) is 0 Å². The number of hydrogen-bond donors (Lipinski definition) is 1. The van der Waals surface area contributed by atoms with Gasteiger partial charge in [-0.25, -0.2) is 4.79 Å². The molecule has 0 amide bonds. The fourth-order valence-corrected chi connectivity index (χ4v) is 0.630. The summed E-state index contributed by atoms with van der Waals surface area (Å²) in [7, 11) is 0. The summed E-state index contributed by atoms with van der Waals surface area (Å²) >= 11 is 0. The monoisotopic (exact) mass is 182 g/mol. The molecule has 1 N–H and O–H groups in total. The van der Waals surface area contributed by atoms with Gasteiger partial charge in [0.15, 0.2) is 0 Å². The van der Waals surface area contributed by atoms with E-state index in [2.05, 4.69) is 17.9 Å². The second-order valence-electron chi connectivity index (χ2n) is 2.33. The molecule has 0 aromatic carbocycles. The Hall–Kier alpha value is -1.35. The zero-order valence-electron chi connectivity index (χ0n) is 7.53. The van der Waals surface area contributed by atoms with Crippen LogP contribution in [0.15, 0.2) is 37.0 Å². The van der Waals surface area contributed by atoms with E-state index in [1.807, 2.05) is 0 Å². The van der Waals surface area contributed by atoms with Crippen molar-refractivity contribution in [2.45, 2.75) is 6.42 Å². The lowest BCUT2D eigenvalue weighted by Crippen LogP contribution is -2.09. The largest absolute Gasteiger partial charge is 0.460 e. The van der Waals surface area contributed by atoms with Crippen molar-refractivity contribution in [3.8, 4) is 0 Å². The van der Waals surface area contributed by atoms with E-state index >= 15 is 0 Å². The molecule has 0 bridgehead atoms. The molecule has 0 aromatic rings. The van der Waals surface area contributed by atoms with Crippen molar-refractivity contribution in [1.82, 2.24) is 0 Å². The minimum atomic E-state index is -0.470. The maximum atomic E-state index is 11.0. The number of allylic oxidation sites excluding steroid dienone is 3. The van der Waals surface area contributed by atoms with Gasteiger partial charge in [-0.05, 0) is 6.42 Å². The van der Waals surface area contributed by atoms with Crippen molar-refractivity contribution in [1.29, 1.82) is 0 Å². The third-order valence-electron chi connectivity index (χ3n) is 1.25. The number of carbonyl (C=O) groups excluding carboxylic acids is 1. The minimum Gasteiger partial charge on any atom is -0.460 e. The van der Waals surface area contributed by atoms with Crippen molar-refractivity contribution in [3.63, 3.8) is 0 Å². The van der Waals surface area contributed by atoms with Gasteiger partial charge in [0, 0.05) is 5.57 Å². The van der Waals surface area contributed by atoms with Gasteiger partial charge in [0.25, 0.3) is 0 Å². The van der Waals surface area contributed by atoms with Crippen LogP contribution in [0.25, 0.3) is 0 Å². The Bertz CT molecular complexity index is 216. The van der Waals surface area contributed by atoms with Crippen LogP contribution in [0.3, 0.4) is 0 Å². The molecule has 0 aliphatic heterocycles. The first-order valence-electron chi connectivity index (χ1n) is 3.95. The average Bonchev–Trinajstić information content (AvgIpc) is 2.14. The summed E-state index contributed by atoms with van der Waals surface area (Å²) in [5.41, 5.74) is 0.367. The van der Waals surface area contributed by atoms with Crippen molar-refractivity contribution in [2.24, 2.45) is 0 Å². The topological polar surface area (TPSA) is 46.5 Å². The highest BCUT2D eigenvalue weighted by Crippen LogP contribution is 2.01. The van der Waals surface area contributed by atoms with E-state index in [-0.39, 0.29) is 13.2 Å². The molecule has 0 unspecified atom stereocenters. The Morgan fingerprint density at radius 2 is 2.23 bits per heavy atom. The van der Waals surface area contributed by atoms with Gasteiger partial charge in [0.05, 0.1) is 6.61 Å². The number of carbonyl (C=O) groups is 1. The van der Waals surface area contributed by atoms with E-state index in [1.165, 1.54) is 0 Å². The lowest BCUT2D eigenvalue weighted by Gasteiger charge is -2.02. The lowest BCUT2D eigenvalue weighted by atomic mass is 10.2. The molecule has 3 heteroatoms. The van der Waals surface area contributed by atoms with Gasteiger partial charge < -0.3 is 9.84 Å². The van der Waals surface area contributed by atoms with E-state index in [4.69, 9.17) is 5.11 Å². The molecule has 0 aliphatic carbocycles. The van der Waals surface area contributed by atoms with Gasteiger partial charge in [-0.15, -0.1) is 0 Å². The van der Waals surface area contributed by atoms with Gasteiger partial charge in [0.2, 0.25) is 0 Å². The van der Waals surface area contributed by atoms with Crippen molar-refractivity contribution >= 4 is 5.97 Å². The molecule has 0 aromatic heterocycles. The third kappa shape index (κ3) is 5.87. The van der Waals surface area contributed by atoms with E-state index in [1.54, 1.807) is 18.2 Å². The molecular weight excluding hydrogens is 168 g/mol. The van der Waals surface area contributed by atoms with Gasteiger partial charge >= 0.3 is 5.97 Å². The molecular formula is C10H14O3. The number of rotatable bonds is 6. The summed E-state index contributed by atoms with van der Waals surface area (Å²) in [4.78, 5) is 11.0. The van der Waals surface area contributed by atoms with Crippen LogP contribution >= 0.6 is 0 Å².